The lowest BCUT2D eigenvalue weighted by atomic mass is 10.2. The molecule has 1 amide bonds. The highest BCUT2D eigenvalue weighted by atomic mass is 32.2. The van der Waals surface area contributed by atoms with E-state index in [0.717, 1.165) is 37.3 Å². The molecule has 2 aliphatic heterocycles. The molecule has 2 saturated heterocycles. The fraction of sp³-hybridized carbons (Fsp3) is 0.391. The van der Waals surface area contributed by atoms with E-state index in [1.165, 1.54) is 4.31 Å². The molecule has 33 heavy (non-hydrogen) atoms. The second-order valence-electron chi connectivity index (χ2n) is 8.37. The molecule has 1 N–H and O–H groups in total. The minimum absolute atomic E-state index is 0.161. The van der Waals surface area contributed by atoms with Crippen LogP contribution in [0, 0.1) is 6.92 Å². The van der Waals surface area contributed by atoms with Crippen LogP contribution in [0.2, 0.25) is 0 Å². The van der Waals surface area contributed by atoms with E-state index in [0.29, 0.717) is 37.6 Å². The van der Waals surface area contributed by atoms with Crippen LogP contribution >= 0.6 is 0 Å². The van der Waals surface area contributed by atoms with Crippen LogP contribution in [0.5, 0.6) is 0 Å². The number of anilines is 2. The maximum absolute atomic E-state index is 13.2. The first kappa shape index (κ1) is 21.9. The average molecular weight is 470 g/mol. The number of aryl methyl sites for hydroxylation is 1. The number of hydrogen-bond acceptors (Lipinski definition) is 6. The predicted octanol–water partition coefficient (Wildman–Crippen LogP) is 2.52. The van der Waals surface area contributed by atoms with Crippen LogP contribution in [-0.4, -0.2) is 67.4 Å². The highest BCUT2D eigenvalue weighted by molar-refractivity contribution is 7.89. The van der Waals surface area contributed by atoms with E-state index in [-0.39, 0.29) is 16.5 Å². The van der Waals surface area contributed by atoms with Crippen molar-refractivity contribution in [2.24, 2.45) is 0 Å². The van der Waals surface area contributed by atoms with Crippen LogP contribution in [-0.2, 0) is 14.8 Å². The topological polar surface area (TPSA) is 96.2 Å². The number of pyridine rings is 1. The SMILES string of the molecule is Cc1cccc2nc(C(=O)Nc3cc(S(=O)(=O)N4CCOCC4)ccc3N3CCCC3)cn12. The highest BCUT2D eigenvalue weighted by Crippen LogP contribution is 2.33. The van der Waals surface area contributed by atoms with Crippen molar-refractivity contribution in [3.05, 3.63) is 54.0 Å². The standard InChI is InChI=1S/C23H27N5O4S/c1-17-5-4-6-22-24-20(16-28(17)22)23(29)25-19-15-18(7-8-21(19)26-9-2-3-10-26)33(30,31)27-11-13-32-14-12-27/h4-8,15-16H,2-3,9-14H2,1H3,(H,25,29). The quantitative estimate of drug-likeness (QED) is 0.617. The molecule has 0 radical (unpaired) electrons. The number of ether oxygens (including phenoxy) is 1. The number of carbonyl (C=O) groups excluding carboxylic acids is 1. The molecule has 1 aromatic carbocycles. The molecule has 0 aliphatic carbocycles. The molecule has 0 saturated carbocycles. The van der Waals surface area contributed by atoms with E-state index < -0.39 is 10.0 Å². The summed E-state index contributed by atoms with van der Waals surface area (Å²) in [5.74, 6) is -0.375. The van der Waals surface area contributed by atoms with Crippen molar-refractivity contribution >= 4 is 33.0 Å². The summed E-state index contributed by atoms with van der Waals surface area (Å²) in [6.45, 7) is 5.07. The number of imidazole rings is 1. The Morgan fingerprint density at radius 1 is 1.06 bits per heavy atom. The average Bonchev–Trinajstić information content (AvgIpc) is 3.51. The number of carbonyl (C=O) groups is 1. The summed E-state index contributed by atoms with van der Waals surface area (Å²) in [5.41, 5.74) is 3.23. The van der Waals surface area contributed by atoms with E-state index in [4.69, 9.17) is 4.74 Å². The Bertz CT molecular complexity index is 1290. The van der Waals surface area contributed by atoms with Gasteiger partial charge in [0.05, 0.1) is 29.5 Å². The smallest absolute Gasteiger partial charge is 0.275 e. The first-order valence-corrected chi connectivity index (χ1v) is 12.6. The van der Waals surface area contributed by atoms with Gasteiger partial charge < -0.3 is 19.4 Å². The molecule has 3 aromatic rings. The van der Waals surface area contributed by atoms with Crippen molar-refractivity contribution in [1.82, 2.24) is 13.7 Å². The number of nitrogens with zero attached hydrogens (tertiary/aromatic N) is 4. The van der Waals surface area contributed by atoms with E-state index in [9.17, 15) is 13.2 Å². The molecule has 0 spiro atoms. The Morgan fingerprint density at radius 2 is 1.82 bits per heavy atom. The van der Waals surface area contributed by atoms with E-state index >= 15 is 0 Å². The monoisotopic (exact) mass is 469 g/mol. The number of benzene rings is 1. The first-order chi connectivity index (χ1) is 15.9. The second kappa shape index (κ2) is 8.77. The van der Waals surface area contributed by atoms with Gasteiger partial charge in [0.2, 0.25) is 10.0 Å². The van der Waals surface area contributed by atoms with Gasteiger partial charge in [-0.15, -0.1) is 0 Å². The van der Waals surface area contributed by atoms with Crippen LogP contribution in [0.25, 0.3) is 5.65 Å². The zero-order chi connectivity index (χ0) is 23.0. The molecule has 2 aliphatic rings. The minimum atomic E-state index is -3.69. The molecule has 5 rings (SSSR count). The van der Waals surface area contributed by atoms with Crippen LogP contribution in [0.1, 0.15) is 29.0 Å². The summed E-state index contributed by atoms with van der Waals surface area (Å²) in [6, 6.07) is 10.7. The second-order valence-corrected chi connectivity index (χ2v) is 10.3. The third-order valence-electron chi connectivity index (χ3n) is 6.20. The number of rotatable bonds is 5. The Morgan fingerprint density at radius 3 is 2.55 bits per heavy atom. The fourth-order valence-corrected chi connectivity index (χ4v) is 5.82. The molecule has 0 unspecified atom stereocenters. The summed E-state index contributed by atoms with van der Waals surface area (Å²) in [5, 5.41) is 2.94. The van der Waals surface area contributed by atoms with Crippen LogP contribution in [0.4, 0.5) is 11.4 Å². The van der Waals surface area contributed by atoms with Crippen molar-refractivity contribution in [2.75, 3.05) is 49.6 Å². The molecule has 2 fully saturated rings. The zero-order valence-corrected chi connectivity index (χ0v) is 19.3. The van der Waals surface area contributed by atoms with Gasteiger partial charge >= 0.3 is 0 Å². The largest absolute Gasteiger partial charge is 0.379 e. The number of amides is 1. The summed E-state index contributed by atoms with van der Waals surface area (Å²) >= 11 is 0. The molecule has 10 heteroatoms. The molecule has 4 heterocycles. The lowest BCUT2D eigenvalue weighted by Crippen LogP contribution is -2.40. The van der Waals surface area contributed by atoms with Crippen molar-refractivity contribution in [2.45, 2.75) is 24.7 Å². The third-order valence-corrected chi connectivity index (χ3v) is 8.09. The van der Waals surface area contributed by atoms with Crippen molar-refractivity contribution < 1.29 is 17.9 Å². The maximum atomic E-state index is 13.2. The van der Waals surface area contributed by atoms with Crippen molar-refractivity contribution in [3.8, 4) is 0 Å². The van der Waals surface area contributed by atoms with Gasteiger partial charge in [0, 0.05) is 38.1 Å². The Balaban J connectivity index is 1.50. The molecule has 174 valence electrons. The number of sulfonamides is 1. The van der Waals surface area contributed by atoms with Gasteiger partial charge in [-0.25, -0.2) is 13.4 Å². The normalized spacial score (nSPS) is 17.5. The van der Waals surface area contributed by atoms with Gasteiger partial charge in [-0.05, 0) is 50.1 Å². The number of aromatic nitrogens is 2. The summed E-state index contributed by atoms with van der Waals surface area (Å²) in [7, 11) is -3.69. The van der Waals surface area contributed by atoms with Gasteiger partial charge in [-0.3, -0.25) is 4.79 Å². The number of fused-ring (bicyclic) bond motifs is 1. The molecule has 9 nitrogen and oxygen atoms in total. The minimum Gasteiger partial charge on any atom is -0.379 e. The predicted molar refractivity (Wildman–Crippen MR) is 125 cm³/mol. The van der Waals surface area contributed by atoms with Crippen LogP contribution in [0.15, 0.2) is 47.5 Å². The summed E-state index contributed by atoms with van der Waals surface area (Å²) in [6.07, 6.45) is 3.82. The first-order valence-electron chi connectivity index (χ1n) is 11.2. The van der Waals surface area contributed by atoms with Crippen LogP contribution in [0.3, 0.4) is 0 Å². The van der Waals surface area contributed by atoms with E-state index in [1.54, 1.807) is 24.4 Å². The molecule has 0 bridgehead atoms. The maximum Gasteiger partial charge on any atom is 0.275 e. The van der Waals surface area contributed by atoms with Gasteiger partial charge in [0.15, 0.2) is 0 Å². The van der Waals surface area contributed by atoms with Gasteiger partial charge in [0.1, 0.15) is 11.3 Å². The van der Waals surface area contributed by atoms with E-state index in [2.05, 4.69) is 15.2 Å². The van der Waals surface area contributed by atoms with Crippen molar-refractivity contribution in [1.29, 1.82) is 0 Å². The van der Waals surface area contributed by atoms with Gasteiger partial charge in [-0.2, -0.15) is 4.31 Å². The Labute approximate surface area is 193 Å². The number of nitrogens with one attached hydrogen (secondary N) is 1. The number of hydrogen-bond donors (Lipinski definition) is 1. The third kappa shape index (κ3) is 4.21. The summed E-state index contributed by atoms with van der Waals surface area (Å²) in [4.78, 5) is 19.9. The fourth-order valence-electron chi connectivity index (χ4n) is 4.39. The lowest BCUT2D eigenvalue weighted by Gasteiger charge is -2.27. The Hall–Kier alpha value is -2.95. The summed E-state index contributed by atoms with van der Waals surface area (Å²) < 4.78 is 35.0. The van der Waals surface area contributed by atoms with Gasteiger partial charge in [-0.1, -0.05) is 6.07 Å². The highest BCUT2D eigenvalue weighted by Gasteiger charge is 2.28. The lowest BCUT2D eigenvalue weighted by molar-refractivity contribution is 0.0730. The zero-order valence-electron chi connectivity index (χ0n) is 18.5. The Kier molecular flexibility index (Phi) is 5.81. The molecular weight excluding hydrogens is 442 g/mol. The van der Waals surface area contributed by atoms with Crippen LogP contribution < -0.4 is 10.2 Å². The molecule has 2 aromatic heterocycles. The molecule has 0 atom stereocenters. The van der Waals surface area contributed by atoms with Crippen molar-refractivity contribution in [3.63, 3.8) is 0 Å². The van der Waals surface area contributed by atoms with Gasteiger partial charge in [0.25, 0.3) is 5.91 Å². The molecular formula is C23H27N5O4S. The number of morpholine rings is 1. The van der Waals surface area contributed by atoms with E-state index in [1.807, 2.05) is 29.5 Å².